The van der Waals surface area contributed by atoms with E-state index in [9.17, 15) is 9.90 Å². The van der Waals surface area contributed by atoms with Crippen LogP contribution in [0.1, 0.15) is 105 Å². The first-order valence-corrected chi connectivity index (χ1v) is 12.4. The molecule has 1 unspecified atom stereocenters. The topological polar surface area (TPSA) is 65.0 Å². The number of carbonyl (C=O) groups is 1. The molecule has 1 N–H and O–H groups in total. The normalized spacial score (nSPS) is 19.0. The molecule has 0 aromatic heterocycles. The van der Waals surface area contributed by atoms with E-state index in [4.69, 9.17) is 14.2 Å². The third-order valence-electron chi connectivity index (χ3n) is 6.50. The van der Waals surface area contributed by atoms with Gasteiger partial charge in [-0.25, -0.2) is 0 Å². The summed E-state index contributed by atoms with van der Waals surface area (Å²) in [5, 5.41) is 9.83. The SMILES string of the molecule is CCCCC(CCCC)C(CCCC)CCC(=O)OCC1(CO)COC(C)(C)OC1. The van der Waals surface area contributed by atoms with E-state index in [0.717, 1.165) is 12.3 Å². The van der Waals surface area contributed by atoms with Gasteiger partial charge < -0.3 is 19.3 Å². The fraction of sp³-hybridized carbons (Fsp3) is 0.960. The van der Waals surface area contributed by atoms with Crippen LogP contribution in [0, 0.1) is 17.3 Å². The minimum Gasteiger partial charge on any atom is -0.465 e. The zero-order valence-corrected chi connectivity index (χ0v) is 20.3. The van der Waals surface area contributed by atoms with Crippen LogP contribution in [0.2, 0.25) is 0 Å². The Kier molecular flexibility index (Phi) is 13.2. The van der Waals surface area contributed by atoms with Gasteiger partial charge in [0.25, 0.3) is 0 Å². The quantitative estimate of drug-likeness (QED) is 0.311. The molecule has 0 saturated carbocycles. The van der Waals surface area contributed by atoms with Gasteiger partial charge in [0, 0.05) is 6.42 Å². The third kappa shape index (κ3) is 10.1. The molecular formula is C25H48O5. The highest BCUT2D eigenvalue weighted by Crippen LogP contribution is 2.33. The number of hydrogen-bond donors (Lipinski definition) is 1. The molecule has 0 aliphatic carbocycles. The summed E-state index contributed by atoms with van der Waals surface area (Å²) in [5.41, 5.74) is -0.655. The highest BCUT2D eigenvalue weighted by atomic mass is 16.7. The summed E-state index contributed by atoms with van der Waals surface area (Å²) in [5.74, 6) is 0.500. The zero-order chi connectivity index (χ0) is 22.5. The molecule has 1 saturated heterocycles. The Bertz CT molecular complexity index is 444. The van der Waals surface area contributed by atoms with Gasteiger partial charge in [-0.1, -0.05) is 78.6 Å². The van der Waals surface area contributed by atoms with Gasteiger partial charge in [0.1, 0.15) is 6.61 Å². The average molecular weight is 429 g/mol. The number of esters is 1. The lowest BCUT2D eigenvalue weighted by molar-refractivity contribution is -0.295. The van der Waals surface area contributed by atoms with Gasteiger partial charge in [0.05, 0.1) is 25.2 Å². The first kappa shape index (κ1) is 27.4. The van der Waals surface area contributed by atoms with Crippen LogP contribution < -0.4 is 0 Å². The highest BCUT2D eigenvalue weighted by molar-refractivity contribution is 5.69. The smallest absolute Gasteiger partial charge is 0.305 e. The third-order valence-corrected chi connectivity index (χ3v) is 6.50. The summed E-state index contributed by atoms with van der Waals surface area (Å²) in [4.78, 5) is 12.5. The van der Waals surface area contributed by atoms with E-state index in [1.807, 2.05) is 13.8 Å². The molecule has 1 aliphatic rings. The van der Waals surface area contributed by atoms with E-state index >= 15 is 0 Å². The molecule has 1 fully saturated rings. The second-order valence-corrected chi connectivity index (χ2v) is 9.78. The van der Waals surface area contributed by atoms with Crippen molar-refractivity contribution in [2.75, 3.05) is 26.4 Å². The van der Waals surface area contributed by atoms with Gasteiger partial charge in [-0.05, 0) is 32.1 Å². The Hall–Kier alpha value is -0.650. The summed E-state index contributed by atoms with van der Waals surface area (Å²) in [6, 6.07) is 0. The standard InChI is InChI=1S/C25H48O5/c1-6-9-12-21(13-10-7-2)22(14-11-8-3)15-16-23(27)28-18-25(17-26)19-29-24(4,5)30-20-25/h21-22,26H,6-20H2,1-5H3. The van der Waals surface area contributed by atoms with E-state index in [0.29, 0.717) is 25.6 Å². The van der Waals surface area contributed by atoms with Crippen LogP contribution in [0.15, 0.2) is 0 Å². The van der Waals surface area contributed by atoms with Crippen LogP contribution in [0.25, 0.3) is 0 Å². The zero-order valence-electron chi connectivity index (χ0n) is 20.3. The predicted molar refractivity (Wildman–Crippen MR) is 121 cm³/mol. The van der Waals surface area contributed by atoms with Crippen molar-refractivity contribution < 1.29 is 24.1 Å². The van der Waals surface area contributed by atoms with Crippen molar-refractivity contribution in [1.29, 1.82) is 0 Å². The molecule has 30 heavy (non-hydrogen) atoms. The van der Waals surface area contributed by atoms with E-state index < -0.39 is 11.2 Å². The molecule has 0 bridgehead atoms. The van der Waals surface area contributed by atoms with Crippen molar-refractivity contribution in [3.63, 3.8) is 0 Å². The molecule has 1 aliphatic heterocycles. The molecule has 0 spiro atoms. The van der Waals surface area contributed by atoms with Gasteiger partial charge in [0.15, 0.2) is 5.79 Å². The van der Waals surface area contributed by atoms with Gasteiger partial charge in [-0.15, -0.1) is 0 Å². The monoisotopic (exact) mass is 428 g/mol. The average Bonchev–Trinajstić information content (AvgIpc) is 2.74. The van der Waals surface area contributed by atoms with Crippen LogP contribution >= 0.6 is 0 Å². The van der Waals surface area contributed by atoms with Crippen LogP contribution in [-0.4, -0.2) is 43.3 Å². The van der Waals surface area contributed by atoms with Crippen LogP contribution in [0.5, 0.6) is 0 Å². The highest BCUT2D eigenvalue weighted by Gasteiger charge is 2.41. The number of ether oxygens (including phenoxy) is 3. The molecule has 178 valence electrons. The summed E-state index contributed by atoms with van der Waals surface area (Å²) < 4.78 is 16.9. The lowest BCUT2D eigenvalue weighted by Crippen LogP contribution is -2.51. The molecule has 1 atom stereocenters. The maximum Gasteiger partial charge on any atom is 0.305 e. The fourth-order valence-corrected chi connectivity index (χ4v) is 4.20. The molecule has 0 radical (unpaired) electrons. The largest absolute Gasteiger partial charge is 0.465 e. The number of aliphatic hydroxyl groups is 1. The van der Waals surface area contributed by atoms with E-state index in [1.165, 1.54) is 57.8 Å². The Morgan fingerprint density at radius 2 is 1.37 bits per heavy atom. The maximum absolute atomic E-state index is 12.5. The van der Waals surface area contributed by atoms with Gasteiger partial charge in [0.2, 0.25) is 0 Å². The Balaban J connectivity index is 2.56. The number of aliphatic hydroxyl groups excluding tert-OH is 1. The van der Waals surface area contributed by atoms with E-state index in [2.05, 4.69) is 20.8 Å². The first-order valence-electron chi connectivity index (χ1n) is 12.4. The minimum absolute atomic E-state index is 0.119. The van der Waals surface area contributed by atoms with Gasteiger partial charge in [-0.3, -0.25) is 4.79 Å². The number of unbranched alkanes of at least 4 members (excludes halogenated alkanes) is 3. The second-order valence-electron chi connectivity index (χ2n) is 9.78. The summed E-state index contributed by atoms with van der Waals surface area (Å²) in [7, 11) is 0. The maximum atomic E-state index is 12.5. The molecule has 1 heterocycles. The van der Waals surface area contributed by atoms with Gasteiger partial charge >= 0.3 is 5.97 Å². The number of rotatable bonds is 16. The molecular weight excluding hydrogens is 380 g/mol. The Morgan fingerprint density at radius 3 is 1.80 bits per heavy atom. The van der Waals surface area contributed by atoms with Crippen LogP contribution in [0.3, 0.4) is 0 Å². The number of carbonyl (C=O) groups excluding carboxylic acids is 1. The van der Waals surface area contributed by atoms with E-state index in [1.54, 1.807) is 0 Å². The molecule has 1 rings (SSSR count). The molecule has 5 nitrogen and oxygen atoms in total. The van der Waals surface area contributed by atoms with Crippen molar-refractivity contribution in [2.45, 2.75) is 111 Å². The Morgan fingerprint density at radius 1 is 0.900 bits per heavy atom. The van der Waals surface area contributed by atoms with Gasteiger partial charge in [-0.2, -0.15) is 0 Å². The molecule has 0 aromatic carbocycles. The summed E-state index contributed by atoms with van der Waals surface area (Å²) in [6.45, 7) is 11.1. The molecule has 0 aromatic rings. The second kappa shape index (κ2) is 14.4. The number of hydrogen-bond acceptors (Lipinski definition) is 5. The van der Waals surface area contributed by atoms with Crippen molar-refractivity contribution in [3.05, 3.63) is 0 Å². The van der Waals surface area contributed by atoms with Crippen LogP contribution in [-0.2, 0) is 19.0 Å². The van der Waals surface area contributed by atoms with E-state index in [-0.39, 0.29) is 19.2 Å². The predicted octanol–water partition coefficient (Wildman–Crippen LogP) is 5.87. The fourth-order valence-electron chi connectivity index (χ4n) is 4.20. The summed E-state index contributed by atoms with van der Waals surface area (Å²) >= 11 is 0. The van der Waals surface area contributed by atoms with Crippen molar-refractivity contribution in [1.82, 2.24) is 0 Å². The Labute approximate surface area is 185 Å². The van der Waals surface area contributed by atoms with Crippen molar-refractivity contribution in [3.8, 4) is 0 Å². The van der Waals surface area contributed by atoms with Crippen LogP contribution in [0.4, 0.5) is 0 Å². The lowest BCUT2D eigenvalue weighted by atomic mass is 9.79. The lowest BCUT2D eigenvalue weighted by Gasteiger charge is -2.41. The van der Waals surface area contributed by atoms with Crippen molar-refractivity contribution in [2.24, 2.45) is 17.3 Å². The first-order chi connectivity index (χ1) is 14.3. The van der Waals surface area contributed by atoms with Crippen molar-refractivity contribution >= 4 is 5.97 Å². The minimum atomic E-state index is -0.655. The molecule has 5 heteroatoms. The molecule has 0 amide bonds. The summed E-state index contributed by atoms with van der Waals surface area (Å²) in [6.07, 6.45) is 12.6.